The van der Waals surface area contributed by atoms with E-state index in [1.807, 2.05) is 0 Å². The quantitative estimate of drug-likeness (QED) is 0.682. The highest BCUT2D eigenvalue weighted by atomic mass is 79.9. The van der Waals surface area contributed by atoms with E-state index in [1.54, 1.807) is 0 Å². The Hall–Kier alpha value is 0.110. The summed E-state index contributed by atoms with van der Waals surface area (Å²) < 4.78 is 0. The second-order valence-electron chi connectivity index (χ2n) is 1.94. The number of rotatable bonds is 4. The Morgan fingerprint density at radius 3 is 2.67 bits per heavy atom. The highest BCUT2D eigenvalue weighted by molar-refractivity contribution is 9.10. The Labute approximate surface area is 63.4 Å². The largest absolute Gasteiger partial charge is 0.396 e. The minimum Gasteiger partial charge on any atom is -0.396 e. The van der Waals surface area contributed by atoms with Crippen LogP contribution < -0.4 is 0 Å². The number of carbonyl (C=O) groups is 1. The summed E-state index contributed by atoms with van der Waals surface area (Å²) >= 11 is 3.18. The van der Waals surface area contributed by atoms with Crippen molar-refractivity contribution in [3.8, 4) is 0 Å². The van der Waals surface area contributed by atoms with Gasteiger partial charge in [0.15, 0.2) is 0 Å². The first-order valence-corrected chi connectivity index (χ1v) is 3.85. The van der Waals surface area contributed by atoms with Crippen molar-refractivity contribution in [1.82, 2.24) is 0 Å². The second kappa shape index (κ2) is 4.94. The predicted molar refractivity (Wildman–Crippen MR) is 39.7 cm³/mol. The van der Waals surface area contributed by atoms with Gasteiger partial charge in [-0.15, -0.1) is 0 Å². The van der Waals surface area contributed by atoms with E-state index in [0.717, 1.165) is 6.42 Å². The van der Waals surface area contributed by atoms with Gasteiger partial charge in [-0.05, 0) is 19.8 Å². The van der Waals surface area contributed by atoms with E-state index in [2.05, 4.69) is 15.9 Å². The van der Waals surface area contributed by atoms with Crippen LogP contribution in [0.2, 0.25) is 0 Å². The fraction of sp³-hybridized carbons (Fsp3) is 0.833. The number of carbonyl (C=O) groups excluding carboxylic acids is 1. The third-order valence-corrected chi connectivity index (χ3v) is 2.16. The van der Waals surface area contributed by atoms with Crippen LogP contribution in [0.4, 0.5) is 0 Å². The van der Waals surface area contributed by atoms with Crippen molar-refractivity contribution >= 4 is 21.7 Å². The minimum atomic E-state index is -0.0651. The lowest BCUT2D eigenvalue weighted by Gasteiger charge is -2.01. The molecule has 0 aromatic heterocycles. The van der Waals surface area contributed by atoms with Crippen molar-refractivity contribution in [2.45, 2.75) is 24.6 Å². The van der Waals surface area contributed by atoms with Crippen molar-refractivity contribution < 1.29 is 9.90 Å². The number of hydrogen-bond donors (Lipinski definition) is 1. The predicted octanol–water partition coefficient (Wildman–Crippen LogP) is 1.11. The zero-order valence-electron chi connectivity index (χ0n) is 5.43. The summed E-state index contributed by atoms with van der Waals surface area (Å²) in [6.45, 7) is 1.70. The standard InChI is InChI=1S/C6H11BrO2/c1-5(9)6(7)3-2-4-8/h6,8H,2-4H2,1H3. The maximum Gasteiger partial charge on any atom is 0.143 e. The van der Waals surface area contributed by atoms with Crippen molar-refractivity contribution in [2.75, 3.05) is 6.61 Å². The first-order valence-electron chi connectivity index (χ1n) is 2.94. The molecule has 9 heavy (non-hydrogen) atoms. The van der Waals surface area contributed by atoms with Gasteiger partial charge in [0.25, 0.3) is 0 Å². The number of ketones is 1. The SMILES string of the molecule is CC(=O)C(Br)CCCO. The summed E-state index contributed by atoms with van der Waals surface area (Å²) in [6, 6.07) is 0. The number of aliphatic hydroxyl groups excluding tert-OH is 1. The lowest BCUT2D eigenvalue weighted by molar-refractivity contribution is -0.116. The van der Waals surface area contributed by atoms with E-state index >= 15 is 0 Å². The zero-order chi connectivity index (χ0) is 7.28. The molecule has 1 N–H and O–H groups in total. The lowest BCUT2D eigenvalue weighted by atomic mass is 10.2. The monoisotopic (exact) mass is 194 g/mol. The number of Topliss-reactive ketones (excluding diaryl/α,β-unsaturated/α-hetero) is 1. The third kappa shape index (κ3) is 4.60. The van der Waals surface area contributed by atoms with Gasteiger partial charge < -0.3 is 5.11 Å². The van der Waals surface area contributed by atoms with Crippen LogP contribution in [0, 0.1) is 0 Å². The van der Waals surface area contributed by atoms with E-state index in [1.165, 1.54) is 6.92 Å². The molecule has 0 aliphatic heterocycles. The summed E-state index contributed by atoms with van der Waals surface area (Å²) in [5.41, 5.74) is 0. The number of alkyl halides is 1. The molecular formula is C6H11BrO2. The molecule has 0 aliphatic rings. The highest BCUT2D eigenvalue weighted by Crippen LogP contribution is 2.07. The molecule has 1 atom stereocenters. The number of hydrogen-bond acceptors (Lipinski definition) is 2. The molecule has 0 aromatic carbocycles. The molecular weight excluding hydrogens is 184 g/mol. The van der Waals surface area contributed by atoms with E-state index in [0.29, 0.717) is 6.42 Å². The summed E-state index contributed by atoms with van der Waals surface area (Å²) in [6.07, 6.45) is 1.42. The molecule has 0 heterocycles. The summed E-state index contributed by atoms with van der Waals surface area (Å²) in [5, 5.41) is 8.36. The average molecular weight is 195 g/mol. The Kier molecular flexibility index (Phi) is 5.00. The van der Waals surface area contributed by atoms with Crippen molar-refractivity contribution in [3.05, 3.63) is 0 Å². The molecule has 1 unspecified atom stereocenters. The first-order chi connectivity index (χ1) is 4.18. The van der Waals surface area contributed by atoms with Crippen LogP contribution in [0.25, 0.3) is 0 Å². The Balaban J connectivity index is 3.27. The summed E-state index contributed by atoms with van der Waals surface area (Å²) in [5.74, 6) is 0.128. The molecule has 0 rings (SSSR count). The molecule has 54 valence electrons. The van der Waals surface area contributed by atoms with Crippen LogP contribution in [0.1, 0.15) is 19.8 Å². The number of halogens is 1. The topological polar surface area (TPSA) is 37.3 Å². The lowest BCUT2D eigenvalue weighted by Crippen LogP contribution is -2.09. The number of aliphatic hydroxyl groups is 1. The van der Waals surface area contributed by atoms with Crippen LogP contribution in [0.15, 0.2) is 0 Å². The van der Waals surface area contributed by atoms with Gasteiger partial charge in [-0.25, -0.2) is 0 Å². The van der Waals surface area contributed by atoms with Gasteiger partial charge in [-0.2, -0.15) is 0 Å². The second-order valence-corrected chi connectivity index (χ2v) is 3.05. The Bertz CT molecular complexity index is 93.1. The van der Waals surface area contributed by atoms with Crippen LogP contribution in [0.5, 0.6) is 0 Å². The van der Waals surface area contributed by atoms with E-state index < -0.39 is 0 Å². The van der Waals surface area contributed by atoms with Crippen LogP contribution in [0.3, 0.4) is 0 Å². The molecule has 0 aromatic rings. The molecule has 3 heteroatoms. The van der Waals surface area contributed by atoms with Crippen molar-refractivity contribution in [3.63, 3.8) is 0 Å². The minimum absolute atomic E-state index is 0.0651. The fourth-order valence-electron chi connectivity index (χ4n) is 0.474. The van der Waals surface area contributed by atoms with E-state index in [-0.39, 0.29) is 17.2 Å². The highest BCUT2D eigenvalue weighted by Gasteiger charge is 2.07. The molecule has 0 fully saturated rings. The Morgan fingerprint density at radius 1 is 1.78 bits per heavy atom. The molecule has 0 bridgehead atoms. The molecule has 0 saturated heterocycles. The van der Waals surface area contributed by atoms with Gasteiger partial charge in [0, 0.05) is 6.61 Å². The van der Waals surface area contributed by atoms with Crippen molar-refractivity contribution in [1.29, 1.82) is 0 Å². The first kappa shape index (κ1) is 9.11. The molecule has 2 nitrogen and oxygen atoms in total. The maximum atomic E-state index is 10.5. The van der Waals surface area contributed by atoms with Gasteiger partial charge in [-0.1, -0.05) is 15.9 Å². The third-order valence-electron chi connectivity index (χ3n) is 1.06. The van der Waals surface area contributed by atoms with Gasteiger partial charge in [-0.3, -0.25) is 4.79 Å². The van der Waals surface area contributed by atoms with E-state index in [4.69, 9.17) is 5.11 Å². The molecule has 0 saturated carbocycles. The van der Waals surface area contributed by atoms with Gasteiger partial charge >= 0.3 is 0 Å². The van der Waals surface area contributed by atoms with Crippen LogP contribution in [-0.4, -0.2) is 22.3 Å². The summed E-state index contributed by atoms with van der Waals surface area (Å²) in [4.78, 5) is 10.5. The smallest absolute Gasteiger partial charge is 0.143 e. The molecule has 0 aliphatic carbocycles. The fourth-order valence-corrected chi connectivity index (χ4v) is 0.798. The summed E-state index contributed by atoms with van der Waals surface area (Å²) in [7, 11) is 0. The van der Waals surface area contributed by atoms with Gasteiger partial charge in [0.2, 0.25) is 0 Å². The molecule has 0 amide bonds. The maximum absolute atomic E-state index is 10.5. The van der Waals surface area contributed by atoms with Crippen LogP contribution in [-0.2, 0) is 4.79 Å². The van der Waals surface area contributed by atoms with Gasteiger partial charge in [0.1, 0.15) is 5.78 Å². The molecule has 0 radical (unpaired) electrons. The van der Waals surface area contributed by atoms with Gasteiger partial charge in [0.05, 0.1) is 4.83 Å². The average Bonchev–Trinajstić information content (AvgIpc) is 1.82. The normalized spacial score (nSPS) is 13.2. The molecule has 0 spiro atoms. The van der Waals surface area contributed by atoms with Crippen LogP contribution >= 0.6 is 15.9 Å². The van der Waals surface area contributed by atoms with Crippen molar-refractivity contribution in [2.24, 2.45) is 0 Å². The zero-order valence-corrected chi connectivity index (χ0v) is 7.02. The Morgan fingerprint density at radius 2 is 2.33 bits per heavy atom. The van der Waals surface area contributed by atoms with E-state index in [9.17, 15) is 4.79 Å².